The fraction of sp³-hybridized carbons (Fsp3) is 0.167. The van der Waals surface area contributed by atoms with E-state index in [9.17, 15) is 14.0 Å². The Kier molecular flexibility index (Phi) is 6.61. The van der Waals surface area contributed by atoms with Gasteiger partial charge in [0.05, 0.1) is 5.92 Å². The third kappa shape index (κ3) is 5.12. The van der Waals surface area contributed by atoms with Gasteiger partial charge in [-0.1, -0.05) is 29.3 Å². The standard InChI is InChI=1S/C24H17Cl4FN2O2/c1-12-2-3-13(22(32)30-18-6-4-17(29)5-7-18)10-19(12)31-23(33)21-20(24(21,27)28)14-8-15(25)11-16(26)9-14/h2-11,20-21H,1H3,(H,30,32)(H,31,33)/t20-,21+/m1/s1. The van der Waals surface area contributed by atoms with Crippen LogP contribution in [0.5, 0.6) is 0 Å². The predicted octanol–water partition coefficient (Wildman–Crippen LogP) is 7.22. The van der Waals surface area contributed by atoms with Crippen LogP contribution in [0.25, 0.3) is 0 Å². The molecule has 33 heavy (non-hydrogen) atoms. The van der Waals surface area contributed by atoms with Gasteiger partial charge in [-0.3, -0.25) is 9.59 Å². The summed E-state index contributed by atoms with van der Waals surface area (Å²) in [6.45, 7) is 1.80. The Hall–Kier alpha value is -2.31. The number of hydrogen-bond acceptors (Lipinski definition) is 2. The molecule has 4 rings (SSSR count). The van der Waals surface area contributed by atoms with Crippen LogP contribution in [-0.4, -0.2) is 16.1 Å². The van der Waals surface area contributed by atoms with Crippen LogP contribution in [-0.2, 0) is 4.79 Å². The number of anilines is 2. The SMILES string of the molecule is Cc1ccc(C(=O)Nc2ccc(F)cc2)cc1NC(=O)[C@@H]1[C@@H](c2cc(Cl)cc(Cl)c2)C1(Cl)Cl. The molecule has 3 aromatic rings. The van der Waals surface area contributed by atoms with Crippen LogP contribution in [0.1, 0.15) is 27.4 Å². The topological polar surface area (TPSA) is 58.2 Å². The molecule has 0 aliphatic heterocycles. The van der Waals surface area contributed by atoms with E-state index < -0.39 is 27.9 Å². The van der Waals surface area contributed by atoms with Crippen molar-refractivity contribution in [2.45, 2.75) is 17.2 Å². The first-order valence-corrected chi connectivity index (χ1v) is 11.4. The number of carbonyl (C=O) groups excluding carboxylic acids is 2. The highest BCUT2D eigenvalue weighted by atomic mass is 35.5. The summed E-state index contributed by atoms with van der Waals surface area (Å²) in [5.74, 6) is -2.41. The van der Waals surface area contributed by atoms with E-state index in [1.807, 2.05) is 0 Å². The van der Waals surface area contributed by atoms with Gasteiger partial charge in [0.1, 0.15) is 10.2 Å². The van der Waals surface area contributed by atoms with Gasteiger partial charge in [0, 0.05) is 32.9 Å². The van der Waals surface area contributed by atoms with Gasteiger partial charge in [-0.25, -0.2) is 4.39 Å². The number of aryl methyl sites for hydroxylation is 1. The largest absolute Gasteiger partial charge is 0.325 e. The Morgan fingerprint density at radius 3 is 2.18 bits per heavy atom. The summed E-state index contributed by atoms with van der Waals surface area (Å²) >= 11 is 25.0. The monoisotopic (exact) mass is 524 g/mol. The molecule has 2 atom stereocenters. The molecule has 0 saturated heterocycles. The van der Waals surface area contributed by atoms with Crippen LogP contribution in [0.4, 0.5) is 15.8 Å². The molecular formula is C24H17Cl4FN2O2. The average molecular weight is 526 g/mol. The summed E-state index contributed by atoms with van der Waals surface area (Å²) in [5, 5.41) is 6.35. The van der Waals surface area contributed by atoms with Crippen molar-refractivity contribution in [2.75, 3.05) is 10.6 Å². The maximum Gasteiger partial charge on any atom is 0.255 e. The molecule has 1 saturated carbocycles. The van der Waals surface area contributed by atoms with Crippen LogP contribution >= 0.6 is 46.4 Å². The van der Waals surface area contributed by atoms with E-state index in [0.717, 1.165) is 5.56 Å². The molecule has 4 nitrogen and oxygen atoms in total. The Balaban J connectivity index is 1.51. The predicted molar refractivity (Wildman–Crippen MR) is 131 cm³/mol. The molecular weight excluding hydrogens is 509 g/mol. The summed E-state index contributed by atoms with van der Waals surface area (Å²) in [6.07, 6.45) is 0. The minimum atomic E-state index is -1.32. The van der Waals surface area contributed by atoms with Crippen LogP contribution in [0.2, 0.25) is 10.0 Å². The van der Waals surface area contributed by atoms with Crippen molar-refractivity contribution in [1.82, 2.24) is 0 Å². The fourth-order valence-electron chi connectivity index (χ4n) is 3.67. The van der Waals surface area contributed by atoms with Crippen LogP contribution in [0.3, 0.4) is 0 Å². The normalized spacial score (nSPS) is 18.5. The number of benzene rings is 3. The van der Waals surface area contributed by atoms with E-state index >= 15 is 0 Å². The van der Waals surface area contributed by atoms with Crippen LogP contribution in [0.15, 0.2) is 60.7 Å². The quantitative estimate of drug-likeness (QED) is 0.345. The number of alkyl halides is 2. The lowest BCUT2D eigenvalue weighted by atomic mass is 10.1. The molecule has 2 N–H and O–H groups in total. The van der Waals surface area contributed by atoms with Crippen molar-refractivity contribution in [2.24, 2.45) is 5.92 Å². The molecule has 0 spiro atoms. The van der Waals surface area contributed by atoms with Gasteiger partial charge >= 0.3 is 0 Å². The number of carbonyl (C=O) groups is 2. The third-order valence-electron chi connectivity index (χ3n) is 5.44. The van der Waals surface area contributed by atoms with E-state index in [1.54, 1.807) is 43.3 Å². The highest BCUT2D eigenvalue weighted by Gasteiger charge is 2.67. The van der Waals surface area contributed by atoms with Gasteiger partial charge < -0.3 is 10.6 Å². The second-order valence-electron chi connectivity index (χ2n) is 7.81. The smallest absolute Gasteiger partial charge is 0.255 e. The molecule has 0 bridgehead atoms. The van der Waals surface area contributed by atoms with E-state index in [1.165, 1.54) is 24.3 Å². The van der Waals surface area contributed by atoms with E-state index in [4.69, 9.17) is 46.4 Å². The number of halogens is 5. The molecule has 9 heteroatoms. The minimum absolute atomic E-state index is 0.317. The zero-order valence-corrected chi connectivity index (χ0v) is 20.2. The number of amides is 2. The van der Waals surface area contributed by atoms with Crippen molar-refractivity contribution in [3.05, 3.63) is 93.2 Å². The summed E-state index contributed by atoms with van der Waals surface area (Å²) in [7, 11) is 0. The summed E-state index contributed by atoms with van der Waals surface area (Å²) in [4.78, 5) is 25.6. The molecule has 3 aromatic carbocycles. The zero-order chi connectivity index (χ0) is 23.9. The number of nitrogens with one attached hydrogen (secondary N) is 2. The molecule has 170 valence electrons. The van der Waals surface area contributed by atoms with Crippen molar-refractivity contribution in [3.8, 4) is 0 Å². The van der Waals surface area contributed by atoms with Crippen LogP contribution < -0.4 is 10.6 Å². The number of rotatable bonds is 5. The van der Waals surface area contributed by atoms with E-state index in [0.29, 0.717) is 32.5 Å². The second-order valence-corrected chi connectivity index (χ2v) is 10.1. The third-order valence-corrected chi connectivity index (χ3v) is 6.82. The first-order valence-electron chi connectivity index (χ1n) is 9.88. The van der Waals surface area contributed by atoms with Crippen molar-refractivity contribution in [3.63, 3.8) is 0 Å². The molecule has 1 aliphatic rings. The Bertz CT molecular complexity index is 1230. The highest BCUT2D eigenvalue weighted by molar-refractivity contribution is 6.53. The first-order chi connectivity index (χ1) is 15.6. The molecule has 2 amide bonds. The fourth-order valence-corrected chi connectivity index (χ4v) is 5.04. The summed E-state index contributed by atoms with van der Waals surface area (Å²) in [5.41, 5.74) is 2.63. The molecule has 0 aromatic heterocycles. The van der Waals surface area contributed by atoms with E-state index in [2.05, 4.69) is 10.6 Å². The molecule has 0 unspecified atom stereocenters. The summed E-state index contributed by atoms with van der Waals surface area (Å²) in [6, 6.07) is 15.3. The van der Waals surface area contributed by atoms with Gasteiger partial charge in [-0.2, -0.15) is 0 Å². The Labute approximate surface area is 210 Å². The lowest BCUT2D eigenvalue weighted by molar-refractivity contribution is -0.117. The first kappa shape index (κ1) is 23.8. The Morgan fingerprint density at radius 2 is 1.55 bits per heavy atom. The highest BCUT2D eigenvalue weighted by Crippen LogP contribution is 2.65. The number of hydrogen-bond donors (Lipinski definition) is 2. The van der Waals surface area contributed by atoms with Gasteiger partial charge in [-0.05, 0) is 72.6 Å². The van der Waals surface area contributed by atoms with Gasteiger partial charge in [-0.15, -0.1) is 23.2 Å². The van der Waals surface area contributed by atoms with Crippen molar-refractivity contribution < 1.29 is 14.0 Å². The van der Waals surface area contributed by atoms with Gasteiger partial charge in [0.2, 0.25) is 5.91 Å². The maximum absolute atomic E-state index is 13.1. The average Bonchev–Trinajstić information content (AvgIpc) is 3.32. The van der Waals surface area contributed by atoms with Crippen LogP contribution in [0, 0.1) is 18.7 Å². The second kappa shape index (κ2) is 9.15. The van der Waals surface area contributed by atoms with Gasteiger partial charge in [0.25, 0.3) is 5.91 Å². The lowest BCUT2D eigenvalue weighted by Gasteiger charge is -2.11. The minimum Gasteiger partial charge on any atom is -0.325 e. The lowest BCUT2D eigenvalue weighted by Crippen LogP contribution is -2.19. The maximum atomic E-state index is 13.1. The molecule has 1 fully saturated rings. The van der Waals surface area contributed by atoms with Crippen molar-refractivity contribution >= 4 is 69.6 Å². The van der Waals surface area contributed by atoms with E-state index in [-0.39, 0.29) is 5.91 Å². The Morgan fingerprint density at radius 1 is 0.909 bits per heavy atom. The van der Waals surface area contributed by atoms with Crippen molar-refractivity contribution in [1.29, 1.82) is 0 Å². The summed E-state index contributed by atoms with van der Waals surface area (Å²) < 4.78 is 11.8. The zero-order valence-electron chi connectivity index (χ0n) is 17.1. The molecule has 1 aliphatic carbocycles. The van der Waals surface area contributed by atoms with Gasteiger partial charge in [0.15, 0.2) is 0 Å². The molecule has 0 radical (unpaired) electrons. The molecule has 0 heterocycles.